The summed E-state index contributed by atoms with van der Waals surface area (Å²) in [6, 6.07) is 6.77. The maximum Gasteiger partial charge on any atom is 0.318 e. The molecule has 3 amide bonds. The van der Waals surface area contributed by atoms with Crippen LogP contribution >= 0.6 is 11.6 Å². The second-order valence-corrected chi connectivity index (χ2v) is 8.89. The van der Waals surface area contributed by atoms with Gasteiger partial charge in [0.15, 0.2) is 0 Å². The fraction of sp³-hybridized carbons (Fsp3) is 0.348. The van der Waals surface area contributed by atoms with Crippen molar-refractivity contribution in [3.63, 3.8) is 0 Å². The minimum Gasteiger partial charge on any atom is -0.391 e. The van der Waals surface area contributed by atoms with E-state index >= 15 is 0 Å². The van der Waals surface area contributed by atoms with E-state index in [2.05, 4.69) is 15.7 Å². The zero-order chi connectivity index (χ0) is 23.7. The molecule has 4 atom stereocenters. The molecule has 1 fully saturated rings. The van der Waals surface area contributed by atoms with Crippen molar-refractivity contribution in [3.8, 4) is 5.69 Å². The van der Waals surface area contributed by atoms with E-state index in [-0.39, 0.29) is 30.5 Å². The SMILES string of the molecule is Cc1cc(=O)n(-c2ccc(NC(=O)[C@H]3C[C@@H](O)CN3C(=O)NC3C=CC(Cl)=CC3C)cc2)[nH]1. The summed E-state index contributed by atoms with van der Waals surface area (Å²) in [5, 5.41) is 19.4. The van der Waals surface area contributed by atoms with Gasteiger partial charge in [0, 0.05) is 35.4 Å². The molecule has 1 aliphatic heterocycles. The number of anilines is 1. The number of H-pyrrole nitrogens is 1. The van der Waals surface area contributed by atoms with Crippen LogP contribution in [0.1, 0.15) is 19.0 Å². The second-order valence-electron chi connectivity index (χ2n) is 8.45. The number of allylic oxidation sites excluding steroid dienone is 2. The highest BCUT2D eigenvalue weighted by Gasteiger charge is 2.39. The zero-order valence-electron chi connectivity index (χ0n) is 18.3. The third-order valence-electron chi connectivity index (χ3n) is 5.83. The molecule has 2 aliphatic rings. The predicted octanol–water partition coefficient (Wildman–Crippen LogP) is 2.25. The first kappa shape index (κ1) is 22.9. The van der Waals surface area contributed by atoms with Gasteiger partial charge in [0.1, 0.15) is 6.04 Å². The molecule has 1 aliphatic carbocycles. The Morgan fingerprint density at radius 1 is 1.24 bits per heavy atom. The van der Waals surface area contributed by atoms with Gasteiger partial charge in [-0.1, -0.05) is 30.7 Å². The average molecular weight is 472 g/mol. The van der Waals surface area contributed by atoms with E-state index in [1.54, 1.807) is 37.3 Å². The largest absolute Gasteiger partial charge is 0.391 e. The first-order valence-corrected chi connectivity index (χ1v) is 11.1. The average Bonchev–Trinajstić information content (AvgIpc) is 3.32. The molecule has 4 rings (SSSR count). The Balaban J connectivity index is 1.42. The van der Waals surface area contributed by atoms with Crippen LogP contribution in [-0.2, 0) is 4.79 Å². The van der Waals surface area contributed by atoms with Crippen LogP contribution in [0, 0.1) is 12.8 Å². The lowest BCUT2D eigenvalue weighted by Crippen LogP contribution is -2.51. The van der Waals surface area contributed by atoms with Gasteiger partial charge in [-0.2, -0.15) is 0 Å². The van der Waals surface area contributed by atoms with Crippen molar-refractivity contribution < 1.29 is 14.7 Å². The summed E-state index contributed by atoms with van der Waals surface area (Å²) >= 11 is 6.00. The number of carbonyl (C=O) groups is 2. The molecule has 2 unspecified atom stereocenters. The molecule has 0 spiro atoms. The molecule has 1 aromatic carbocycles. The van der Waals surface area contributed by atoms with Gasteiger partial charge in [0.05, 0.1) is 17.8 Å². The van der Waals surface area contributed by atoms with Crippen molar-refractivity contribution in [2.75, 3.05) is 11.9 Å². The highest BCUT2D eigenvalue weighted by atomic mass is 35.5. The number of nitrogens with one attached hydrogen (secondary N) is 3. The van der Waals surface area contributed by atoms with E-state index in [0.29, 0.717) is 16.4 Å². The number of rotatable bonds is 4. The summed E-state index contributed by atoms with van der Waals surface area (Å²) in [7, 11) is 0. The number of hydrogen-bond acceptors (Lipinski definition) is 4. The number of aromatic nitrogens is 2. The topological polar surface area (TPSA) is 119 Å². The van der Waals surface area contributed by atoms with Gasteiger partial charge in [-0.05, 0) is 43.2 Å². The number of aliphatic hydroxyl groups is 1. The number of carbonyl (C=O) groups excluding carboxylic acids is 2. The van der Waals surface area contributed by atoms with E-state index in [1.165, 1.54) is 15.6 Å². The maximum absolute atomic E-state index is 12.9. The van der Waals surface area contributed by atoms with Crippen molar-refractivity contribution >= 4 is 29.2 Å². The Kier molecular flexibility index (Phi) is 6.44. The van der Waals surface area contributed by atoms with E-state index in [0.717, 1.165) is 5.69 Å². The summed E-state index contributed by atoms with van der Waals surface area (Å²) in [6.07, 6.45) is 4.75. The van der Waals surface area contributed by atoms with E-state index < -0.39 is 24.1 Å². The fourth-order valence-electron chi connectivity index (χ4n) is 4.10. The van der Waals surface area contributed by atoms with Crippen molar-refractivity contribution in [3.05, 3.63) is 69.6 Å². The lowest BCUT2D eigenvalue weighted by molar-refractivity contribution is -0.119. The lowest BCUT2D eigenvalue weighted by Gasteiger charge is -2.28. The molecule has 10 heteroatoms. The maximum atomic E-state index is 12.9. The summed E-state index contributed by atoms with van der Waals surface area (Å²) < 4.78 is 1.41. The Labute approximate surface area is 195 Å². The summed E-state index contributed by atoms with van der Waals surface area (Å²) in [5.41, 5.74) is 1.72. The minimum atomic E-state index is -0.810. The monoisotopic (exact) mass is 471 g/mol. The Hall–Kier alpha value is -3.30. The second kappa shape index (κ2) is 9.29. The van der Waals surface area contributed by atoms with Crippen LogP contribution in [0.5, 0.6) is 0 Å². The molecule has 1 aromatic heterocycles. The molecule has 0 saturated carbocycles. The quantitative estimate of drug-likeness (QED) is 0.546. The van der Waals surface area contributed by atoms with Crippen LogP contribution in [0.25, 0.3) is 5.69 Å². The molecule has 1 saturated heterocycles. The third-order valence-corrected chi connectivity index (χ3v) is 6.08. The summed E-state index contributed by atoms with van der Waals surface area (Å²) in [5.74, 6) is -0.391. The number of aromatic amines is 1. The van der Waals surface area contributed by atoms with E-state index in [9.17, 15) is 19.5 Å². The molecular formula is C23H26ClN5O4. The Morgan fingerprint density at radius 2 is 1.97 bits per heavy atom. The normalized spacial score (nSPS) is 24.5. The molecular weight excluding hydrogens is 446 g/mol. The first-order valence-electron chi connectivity index (χ1n) is 10.7. The highest BCUT2D eigenvalue weighted by Crippen LogP contribution is 2.23. The predicted molar refractivity (Wildman–Crippen MR) is 125 cm³/mol. The Bertz CT molecular complexity index is 1170. The molecule has 174 valence electrons. The van der Waals surface area contributed by atoms with Crippen molar-refractivity contribution in [1.82, 2.24) is 20.0 Å². The van der Waals surface area contributed by atoms with Gasteiger partial charge < -0.3 is 20.6 Å². The summed E-state index contributed by atoms with van der Waals surface area (Å²) in [6.45, 7) is 3.80. The molecule has 9 nitrogen and oxygen atoms in total. The van der Waals surface area contributed by atoms with Crippen LogP contribution in [0.4, 0.5) is 10.5 Å². The number of benzene rings is 1. The van der Waals surface area contributed by atoms with Gasteiger partial charge in [-0.25, -0.2) is 9.48 Å². The number of aryl methyl sites for hydroxylation is 1. The number of amides is 3. The molecule has 2 heterocycles. The van der Waals surface area contributed by atoms with Gasteiger partial charge in [-0.15, -0.1) is 0 Å². The van der Waals surface area contributed by atoms with E-state index in [4.69, 9.17) is 11.6 Å². The minimum absolute atomic E-state index is 0.000679. The van der Waals surface area contributed by atoms with Crippen molar-refractivity contribution in [2.45, 2.75) is 38.5 Å². The fourth-order valence-corrected chi connectivity index (χ4v) is 4.37. The zero-order valence-corrected chi connectivity index (χ0v) is 19.0. The number of urea groups is 1. The van der Waals surface area contributed by atoms with Crippen LogP contribution in [-0.4, -0.2) is 56.5 Å². The van der Waals surface area contributed by atoms with Gasteiger partial charge in [0.2, 0.25) is 5.91 Å². The lowest BCUT2D eigenvalue weighted by atomic mass is 9.97. The molecule has 0 radical (unpaired) electrons. The number of hydrogen-bond donors (Lipinski definition) is 4. The number of likely N-dealkylation sites (tertiary alicyclic amines) is 1. The molecule has 4 N–H and O–H groups in total. The number of β-amino-alcohol motifs (C(OH)–C–C–N with tert-alkyl or cyclic N) is 1. The standard InChI is InChI=1S/C23H26ClN5O4/c1-13-9-15(24)3-8-19(13)26-23(33)28-12-18(30)11-20(28)22(32)25-16-4-6-17(7-5-16)29-21(31)10-14(2)27-29/h3-10,13,18-20,27,30H,11-12H2,1-2H3,(H,25,32)(H,26,33)/t13?,18-,19?,20-/m1/s1. The molecule has 0 bridgehead atoms. The number of nitrogens with zero attached hydrogens (tertiary/aromatic N) is 2. The van der Waals surface area contributed by atoms with Crippen LogP contribution < -0.4 is 16.2 Å². The Morgan fingerprint density at radius 3 is 2.61 bits per heavy atom. The van der Waals surface area contributed by atoms with Gasteiger partial charge >= 0.3 is 6.03 Å². The smallest absolute Gasteiger partial charge is 0.318 e. The molecule has 2 aromatic rings. The van der Waals surface area contributed by atoms with E-state index in [1.807, 2.05) is 19.1 Å². The van der Waals surface area contributed by atoms with Crippen LogP contribution in [0.3, 0.4) is 0 Å². The number of aliphatic hydroxyl groups excluding tert-OH is 1. The van der Waals surface area contributed by atoms with Crippen LogP contribution in [0.15, 0.2) is 58.4 Å². The highest BCUT2D eigenvalue weighted by molar-refractivity contribution is 6.31. The van der Waals surface area contributed by atoms with Crippen LogP contribution in [0.2, 0.25) is 0 Å². The van der Waals surface area contributed by atoms with Crippen molar-refractivity contribution in [2.24, 2.45) is 5.92 Å². The number of halogens is 1. The van der Waals surface area contributed by atoms with Gasteiger partial charge in [0.25, 0.3) is 5.56 Å². The first-order chi connectivity index (χ1) is 15.7. The summed E-state index contributed by atoms with van der Waals surface area (Å²) in [4.78, 5) is 39.2. The van der Waals surface area contributed by atoms with Gasteiger partial charge in [-0.3, -0.25) is 14.7 Å². The van der Waals surface area contributed by atoms with Crippen molar-refractivity contribution in [1.29, 1.82) is 0 Å². The molecule has 33 heavy (non-hydrogen) atoms. The third kappa shape index (κ3) is 5.04.